The van der Waals surface area contributed by atoms with Gasteiger partial charge in [0.05, 0.1) is 6.21 Å². The zero-order valence-electron chi connectivity index (χ0n) is 13.5. The summed E-state index contributed by atoms with van der Waals surface area (Å²) in [4.78, 5) is 23.5. The number of nitrogens with zero attached hydrogens (tertiary/aromatic N) is 1. The molecule has 0 spiro atoms. The van der Waals surface area contributed by atoms with Gasteiger partial charge in [0.25, 0.3) is 5.91 Å². The smallest absolute Gasteiger partial charge is 0.271 e. The second-order valence-corrected chi connectivity index (χ2v) is 5.14. The van der Waals surface area contributed by atoms with Crippen LogP contribution in [0.4, 0.5) is 10.1 Å². The van der Waals surface area contributed by atoms with Crippen molar-refractivity contribution in [3.05, 3.63) is 65.0 Å². The Morgan fingerprint density at radius 3 is 2.71 bits per heavy atom. The van der Waals surface area contributed by atoms with Crippen molar-refractivity contribution >= 4 is 23.7 Å². The lowest BCUT2D eigenvalue weighted by molar-refractivity contribution is -0.115. The van der Waals surface area contributed by atoms with E-state index < -0.39 is 5.91 Å². The van der Waals surface area contributed by atoms with Gasteiger partial charge in [-0.15, -0.1) is 0 Å². The molecule has 0 saturated carbocycles. The van der Waals surface area contributed by atoms with Crippen LogP contribution in [-0.4, -0.2) is 18.0 Å². The molecule has 124 valence electrons. The second kappa shape index (κ2) is 8.01. The van der Waals surface area contributed by atoms with Crippen LogP contribution >= 0.6 is 0 Å². The highest BCUT2D eigenvalue weighted by molar-refractivity contribution is 5.97. The Bertz CT molecular complexity index is 788. The number of hydrogen-bond acceptors (Lipinski definition) is 3. The van der Waals surface area contributed by atoms with Gasteiger partial charge in [-0.05, 0) is 36.8 Å². The molecule has 2 N–H and O–H groups in total. The topological polar surface area (TPSA) is 70.6 Å². The number of rotatable bonds is 5. The molecular formula is C18H18FN3O2. The molecule has 2 aromatic carbocycles. The van der Waals surface area contributed by atoms with Gasteiger partial charge in [-0.3, -0.25) is 9.59 Å². The van der Waals surface area contributed by atoms with Crippen molar-refractivity contribution in [1.82, 2.24) is 5.43 Å². The first-order valence-corrected chi connectivity index (χ1v) is 7.49. The van der Waals surface area contributed by atoms with Crippen LogP contribution < -0.4 is 10.7 Å². The molecule has 2 amide bonds. The van der Waals surface area contributed by atoms with Crippen molar-refractivity contribution < 1.29 is 14.0 Å². The molecule has 0 atom stereocenters. The van der Waals surface area contributed by atoms with Crippen LogP contribution in [0.2, 0.25) is 0 Å². The maximum Gasteiger partial charge on any atom is 0.271 e. The number of anilines is 1. The molecule has 2 aromatic rings. The van der Waals surface area contributed by atoms with E-state index in [0.29, 0.717) is 28.8 Å². The van der Waals surface area contributed by atoms with Crippen LogP contribution in [0.3, 0.4) is 0 Å². The van der Waals surface area contributed by atoms with Crippen molar-refractivity contribution in [2.45, 2.75) is 20.3 Å². The van der Waals surface area contributed by atoms with Gasteiger partial charge in [0.1, 0.15) is 5.82 Å². The summed E-state index contributed by atoms with van der Waals surface area (Å²) < 4.78 is 13.4. The highest BCUT2D eigenvalue weighted by Crippen LogP contribution is 2.12. The fourth-order valence-corrected chi connectivity index (χ4v) is 1.98. The van der Waals surface area contributed by atoms with E-state index in [2.05, 4.69) is 15.8 Å². The number of benzene rings is 2. The maximum absolute atomic E-state index is 13.4. The highest BCUT2D eigenvalue weighted by Gasteiger charge is 2.07. The Hall–Kier alpha value is -3.02. The van der Waals surface area contributed by atoms with Gasteiger partial charge < -0.3 is 5.32 Å². The number of hydrogen-bond donors (Lipinski definition) is 2. The van der Waals surface area contributed by atoms with Crippen molar-refractivity contribution in [2.75, 3.05) is 5.32 Å². The minimum Gasteiger partial charge on any atom is -0.326 e. The molecule has 0 aromatic heterocycles. The summed E-state index contributed by atoms with van der Waals surface area (Å²) in [7, 11) is 0. The molecule has 5 nitrogen and oxygen atoms in total. The summed E-state index contributed by atoms with van der Waals surface area (Å²) in [5.41, 5.74) is 4.32. The minimum atomic E-state index is -0.423. The molecule has 0 fully saturated rings. The molecule has 0 aliphatic carbocycles. The van der Waals surface area contributed by atoms with Crippen molar-refractivity contribution in [1.29, 1.82) is 0 Å². The van der Waals surface area contributed by atoms with Crippen LogP contribution in [-0.2, 0) is 4.79 Å². The molecule has 6 heteroatoms. The average Bonchev–Trinajstić information content (AvgIpc) is 2.58. The molecule has 0 aliphatic heterocycles. The normalized spacial score (nSPS) is 10.6. The molecule has 0 aliphatic rings. The molecule has 24 heavy (non-hydrogen) atoms. The number of halogens is 1. The van der Waals surface area contributed by atoms with Crippen LogP contribution in [0.1, 0.15) is 34.8 Å². The Morgan fingerprint density at radius 2 is 1.96 bits per heavy atom. The quantitative estimate of drug-likeness (QED) is 0.654. The van der Waals surface area contributed by atoms with Gasteiger partial charge in [0.2, 0.25) is 5.91 Å². The lowest BCUT2D eigenvalue weighted by atomic mass is 10.1. The highest BCUT2D eigenvalue weighted by atomic mass is 19.1. The Kier molecular flexibility index (Phi) is 5.78. The largest absolute Gasteiger partial charge is 0.326 e. The number of carbonyl (C=O) groups is 2. The summed E-state index contributed by atoms with van der Waals surface area (Å²) in [6, 6.07) is 11.2. The number of hydrazone groups is 1. The first-order valence-electron chi connectivity index (χ1n) is 7.49. The van der Waals surface area contributed by atoms with Crippen LogP contribution in [0.25, 0.3) is 0 Å². The zero-order valence-corrected chi connectivity index (χ0v) is 13.5. The predicted molar refractivity (Wildman–Crippen MR) is 91.6 cm³/mol. The van der Waals surface area contributed by atoms with E-state index in [-0.39, 0.29) is 11.7 Å². The van der Waals surface area contributed by atoms with Crippen LogP contribution in [0.15, 0.2) is 47.6 Å². The Morgan fingerprint density at radius 1 is 1.21 bits per heavy atom. The Balaban J connectivity index is 2.04. The van der Waals surface area contributed by atoms with Crippen LogP contribution in [0, 0.1) is 12.7 Å². The summed E-state index contributed by atoms with van der Waals surface area (Å²) in [5, 5.41) is 6.53. The molecular weight excluding hydrogens is 309 g/mol. The summed E-state index contributed by atoms with van der Waals surface area (Å²) in [5.74, 6) is -0.885. The van der Waals surface area contributed by atoms with E-state index in [1.165, 1.54) is 12.3 Å². The molecule has 0 radical (unpaired) electrons. The average molecular weight is 327 g/mol. The van der Waals surface area contributed by atoms with Gasteiger partial charge >= 0.3 is 0 Å². The molecule has 2 rings (SSSR count). The van der Waals surface area contributed by atoms with Gasteiger partial charge in [-0.1, -0.05) is 25.1 Å². The third-order valence-electron chi connectivity index (χ3n) is 3.41. The number of carbonyl (C=O) groups excluding carboxylic acids is 2. The van der Waals surface area contributed by atoms with E-state index in [9.17, 15) is 14.0 Å². The third kappa shape index (κ3) is 4.49. The van der Waals surface area contributed by atoms with Gasteiger partial charge in [-0.2, -0.15) is 5.10 Å². The molecule has 0 unspecified atom stereocenters. The van der Waals surface area contributed by atoms with Gasteiger partial charge in [0, 0.05) is 23.2 Å². The van der Waals surface area contributed by atoms with Crippen molar-refractivity contribution in [3.63, 3.8) is 0 Å². The fraction of sp³-hybridized carbons (Fsp3) is 0.167. The lowest BCUT2D eigenvalue weighted by Crippen LogP contribution is -2.18. The first kappa shape index (κ1) is 17.3. The van der Waals surface area contributed by atoms with Gasteiger partial charge in [0.15, 0.2) is 0 Å². The van der Waals surface area contributed by atoms with E-state index in [1.54, 1.807) is 50.2 Å². The minimum absolute atomic E-state index is 0.132. The van der Waals surface area contributed by atoms with Crippen LogP contribution in [0.5, 0.6) is 0 Å². The van der Waals surface area contributed by atoms with E-state index in [4.69, 9.17) is 0 Å². The maximum atomic E-state index is 13.4. The Labute approximate surface area is 139 Å². The summed E-state index contributed by atoms with van der Waals surface area (Å²) in [6.07, 6.45) is 1.74. The second-order valence-electron chi connectivity index (χ2n) is 5.14. The fourth-order valence-electron chi connectivity index (χ4n) is 1.98. The predicted octanol–water partition coefficient (Wildman–Crippen LogP) is 3.25. The van der Waals surface area contributed by atoms with E-state index in [1.807, 2.05) is 0 Å². The van der Waals surface area contributed by atoms with E-state index in [0.717, 1.165) is 0 Å². The lowest BCUT2D eigenvalue weighted by Gasteiger charge is -2.06. The van der Waals surface area contributed by atoms with E-state index >= 15 is 0 Å². The summed E-state index contributed by atoms with van der Waals surface area (Å²) >= 11 is 0. The molecule has 0 bridgehead atoms. The molecule has 0 heterocycles. The molecule has 0 saturated heterocycles. The van der Waals surface area contributed by atoms with Gasteiger partial charge in [-0.25, -0.2) is 9.82 Å². The zero-order chi connectivity index (χ0) is 17.5. The van der Waals surface area contributed by atoms with Crippen molar-refractivity contribution in [3.8, 4) is 0 Å². The standard InChI is InChI=1S/C18H18FN3O2/c1-3-17(23)21-15-8-4-6-13(10-15)18(24)22-20-11-14-7-5-9-16(19)12(14)2/h4-11H,3H2,1-2H3,(H,21,23)(H,22,24). The third-order valence-corrected chi connectivity index (χ3v) is 3.41. The summed E-state index contributed by atoms with van der Waals surface area (Å²) in [6.45, 7) is 3.38. The SMILES string of the molecule is CCC(=O)Nc1cccc(C(=O)NN=Cc2cccc(F)c2C)c1. The first-order chi connectivity index (χ1) is 11.5. The number of nitrogens with one attached hydrogen (secondary N) is 2. The van der Waals surface area contributed by atoms with Crippen molar-refractivity contribution in [2.24, 2.45) is 5.10 Å². The number of amides is 2. The monoisotopic (exact) mass is 327 g/mol.